The van der Waals surface area contributed by atoms with Crippen LogP contribution in [0.1, 0.15) is 54.7 Å². The molecule has 6 nitrogen and oxygen atoms in total. The molecule has 1 fully saturated rings. The Balaban J connectivity index is 1.52. The standard InChI is InChI=1S/C22H28N4O2S2/c1-14(2)17-5-7-18(8-6-17)23-22-25-24-21(12-29-22)20-11-15(3)26(16(20)4)19-9-10-30(27,28)13-19/h5-8,11,14,19H,9-10,12-13H2,1-4H3,(H,23,25). The van der Waals surface area contributed by atoms with Crippen molar-refractivity contribution in [2.24, 2.45) is 10.1 Å². The summed E-state index contributed by atoms with van der Waals surface area (Å²) in [4.78, 5) is 4.66. The summed E-state index contributed by atoms with van der Waals surface area (Å²) in [5, 5.41) is 5.36. The van der Waals surface area contributed by atoms with Crippen LogP contribution in [0.2, 0.25) is 0 Å². The second-order valence-corrected chi connectivity index (χ2v) is 11.5. The molecule has 0 saturated carbocycles. The molecule has 2 aliphatic heterocycles. The summed E-state index contributed by atoms with van der Waals surface area (Å²) >= 11 is 1.63. The predicted molar refractivity (Wildman–Crippen MR) is 126 cm³/mol. The third-order valence-electron chi connectivity index (χ3n) is 5.79. The van der Waals surface area contributed by atoms with E-state index in [9.17, 15) is 8.42 Å². The van der Waals surface area contributed by atoms with Crippen LogP contribution in [0.15, 0.2) is 40.4 Å². The lowest BCUT2D eigenvalue weighted by molar-refractivity contribution is 0.535. The number of benzene rings is 1. The predicted octanol–water partition coefficient (Wildman–Crippen LogP) is 4.32. The first-order chi connectivity index (χ1) is 14.2. The number of aryl methyl sites for hydroxylation is 1. The van der Waals surface area contributed by atoms with Gasteiger partial charge in [0.2, 0.25) is 0 Å². The molecular weight excluding hydrogens is 416 g/mol. The Kier molecular flexibility index (Phi) is 5.81. The highest BCUT2D eigenvalue weighted by Gasteiger charge is 2.31. The van der Waals surface area contributed by atoms with E-state index in [2.05, 4.69) is 59.1 Å². The Bertz CT molecular complexity index is 1110. The average Bonchev–Trinajstić information content (AvgIpc) is 3.20. The number of hydrazone groups is 1. The summed E-state index contributed by atoms with van der Waals surface area (Å²) in [5.74, 6) is 1.74. The summed E-state index contributed by atoms with van der Waals surface area (Å²) in [6.45, 7) is 8.45. The number of hydrogen-bond donors (Lipinski definition) is 1. The van der Waals surface area contributed by atoms with E-state index in [-0.39, 0.29) is 17.5 Å². The number of sulfone groups is 1. The van der Waals surface area contributed by atoms with Crippen molar-refractivity contribution in [1.29, 1.82) is 0 Å². The van der Waals surface area contributed by atoms with Crippen molar-refractivity contribution in [1.82, 2.24) is 9.99 Å². The van der Waals surface area contributed by atoms with E-state index in [0.717, 1.165) is 39.3 Å². The van der Waals surface area contributed by atoms with Crippen LogP contribution in [-0.2, 0) is 9.84 Å². The van der Waals surface area contributed by atoms with Gasteiger partial charge in [-0.3, -0.25) is 5.43 Å². The van der Waals surface area contributed by atoms with Crippen molar-refractivity contribution in [3.8, 4) is 0 Å². The van der Waals surface area contributed by atoms with Gasteiger partial charge < -0.3 is 4.57 Å². The van der Waals surface area contributed by atoms with Gasteiger partial charge in [-0.1, -0.05) is 37.7 Å². The Labute approximate surface area is 182 Å². The summed E-state index contributed by atoms with van der Waals surface area (Å²) < 4.78 is 26.0. The van der Waals surface area contributed by atoms with Crippen LogP contribution in [0.4, 0.5) is 5.69 Å². The van der Waals surface area contributed by atoms with Crippen LogP contribution in [0.25, 0.3) is 0 Å². The molecule has 1 saturated heterocycles. The van der Waals surface area contributed by atoms with E-state index in [0.29, 0.717) is 12.3 Å². The smallest absolute Gasteiger partial charge is 0.182 e. The minimum absolute atomic E-state index is 0.0273. The summed E-state index contributed by atoms with van der Waals surface area (Å²) in [7, 11) is -2.92. The second-order valence-electron chi connectivity index (χ2n) is 8.33. The average molecular weight is 445 g/mol. The minimum Gasteiger partial charge on any atom is -0.344 e. The quantitative estimate of drug-likeness (QED) is 0.762. The molecule has 30 heavy (non-hydrogen) atoms. The second kappa shape index (κ2) is 8.23. The van der Waals surface area contributed by atoms with Gasteiger partial charge in [-0.15, -0.1) is 0 Å². The van der Waals surface area contributed by atoms with Gasteiger partial charge in [0.15, 0.2) is 15.0 Å². The Morgan fingerprint density at radius 1 is 1.23 bits per heavy atom. The van der Waals surface area contributed by atoms with Crippen LogP contribution in [0, 0.1) is 13.8 Å². The molecule has 1 aromatic heterocycles. The lowest BCUT2D eigenvalue weighted by Gasteiger charge is -2.18. The van der Waals surface area contributed by atoms with E-state index in [4.69, 9.17) is 0 Å². The van der Waals surface area contributed by atoms with Crippen molar-refractivity contribution in [2.75, 3.05) is 17.3 Å². The largest absolute Gasteiger partial charge is 0.344 e. The van der Waals surface area contributed by atoms with Gasteiger partial charge >= 0.3 is 0 Å². The highest BCUT2D eigenvalue weighted by molar-refractivity contribution is 8.14. The number of nitrogens with zero attached hydrogens (tertiary/aromatic N) is 3. The molecule has 0 spiro atoms. The molecule has 0 bridgehead atoms. The van der Waals surface area contributed by atoms with Crippen molar-refractivity contribution in [3.63, 3.8) is 0 Å². The summed E-state index contributed by atoms with van der Waals surface area (Å²) in [6, 6.07) is 10.4. The molecule has 2 aliphatic rings. The van der Waals surface area contributed by atoms with Crippen LogP contribution >= 0.6 is 11.8 Å². The van der Waals surface area contributed by atoms with Gasteiger partial charge in [0.25, 0.3) is 0 Å². The third-order valence-corrected chi connectivity index (χ3v) is 8.42. The molecule has 0 radical (unpaired) electrons. The van der Waals surface area contributed by atoms with Gasteiger partial charge in [-0.05, 0) is 49.9 Å². The topological polar surface area (TPSA) is 75.8 Å². The molecule has 1 aromatic carbocycles. The van der Waals surface area contributed by atoms with Crippen LogP contribution in [0.3, 0.4) is 0 Å². The maximum Gasteiger partial charge on any atom is 0.182 e. The number of amidine groups is 1. The van der Waals surface area contributed by atoms with Gasteiger partial charge in [-0.2, -0.15) is 5.10 Å². The van der Waals surface area contributed by atoms with Gasteiger partial charge in [-0.25, -0.2) is 13.4 Å². The first kappa shape index (κ1) is 21.2. The fourth-order valence-electron chi connectivity index (χ4n) is 4.17. The highest BCUT2D eigenvalue weighted by atomic mass is 32.2. The van der Waals surface area contributed by atoms with Crippen molar-refractivity contribution >= 4 is 38.2 Å². The summed E-state index contributed by atoms with van der Waals surface area (Å²) in [5.41, 5.74) is 9.52. The first-order valence-electron chi connectivity index (χ1n) is 10.3. The Hall–Kier alpha value is -2.06. The number of aliphatic imine (C=N–C) groups is 1. The number of nitrogens with one attached hydrogen (secondary N) is 1. The molecule has 3 heterocycles. The van der Waals surface area contributed by atoms with Crippen LogP contribution in [-0.4, -0.2) is 41.1 Å². The Morgan fingerprint density at radius 3 is 2.53 bits per heavy atom. The van der Waals surface area contributed by atoms with Crippen molar-refractivity contribution in [3.05, 3.63) is 52.8 Å². The SMILES string of the molecule is Cc1cc(C2=NNC(=Nc3ccc(C(C)C)cc3)SC2)c(C)n1C1CCS(=O)(=O)C1. The maximum atomic E-state index is 11.9. The van der Waals surface area contributed by atoms with Gasteiger partial charge in [0.1, 0.15) is 0 Å². The molecule has 4 rings (SSSR count). The zero-order chi connectivity index (χ0) is 21.5. The lowest BCUT2D eigenvalue weighted by atomic mass is 10.0. The zero-order valence-corrected chi connectivity index (χ0v) is 19.5. The molecule has 0 amide bonds. The van der Waals surface area contributed by atoms with Crippen molar-refractivity contribution < 1.29 is 8.42 Å². The number of rotatable bonds is 4. The number of aromatic nitrogens is 1. The minimum atomic E-state index is -2.92. The third kappa shape index (κ3) is 4.34. The normalized spacial score (nSPS) is 22.4. The molecule has 2 aromatic rings. The Morgan fingerprint density at radius 2 is 1.97 bits per heavy atom. The molecule has 1 N–H and O–H groups in total. The van der Waals surface area contributed by atoms with Gasteiger partial charge in [0, 0.05) is 28.7 Å². The fourth-order valence-corrected chi connectivity index (χ4v) is 6.65. The molecule has 1 unspecified atom stereocenters. The van der Waals surface area contributed by atoms with Crippen LogP contribution < -0.4 is 5.43 Å². The first-order valence-corrected chi connectivity index (χ1v) is 13.1. The van der Waals surface area contributed by atoms with Gasteiger partial charge in [0.05, 0.1) is 22.9 Å². The van der Waals surface area contributed by atoms with Crippen LogP contribution in [0.5, 0.6) is 0 Å². The zero-order valence-electron chi connectivity index (χ0n) is 17.8. The molecule has 1 atom stereocenters. The maximum absolute atomic E-state index is 11.9. The van der Waals surface area contributed by atoms with E-state index in [1.165, 1.54) is 5.56 Å². The van der Waals surface area contributed by atoms with E-state index >= 15 is 0 Å². The number of thioether (sulfide) groups is 1. The summed E-state index contributed by atoms with van der Waals surface area (Å²) in [6.07, 6.45) is 0.685. The molecule has 8 heteroatoms. The molecule has 160 valence electrons. The monoisotopic (exact) mass is 444 g/mol. The van der Waals surface area contributed by atoms with E-state index in [1.54, 1.807) is 11.8 Å². The van der Waals surface area contributed by atoms with E-state index < -0.39 is 9.84 Å². The fraction of sp³-hybridized carbons (Fsp3) is 0.455. The molecule has 0 aliphatic carbocycles. The highest BCUT2D eigenvalue weighted by Crippen LogP contribution is 2.30. The van der Waals surface area contributed by atoms with Crippen molar-refractivity contribution in [2.45, 2.75) is 46.1 Å². The lowest BCUT2D eigenvalue weighted by Crippen LogP contribution is -2.25. The van der Waals surface area contributed by atoms with E-state index in [1.807, 2.05) is 19.1 Å². The molecular formula is C22H28N4O2S2. The number of hydrogen-bond acceptors (Lipinski definition) is 5.